The van der Waals surface area contributed by atoms with E-state index < -0.39 is 10.0 Å². The van der Waals surface area contributed by atoms with Crippen molar-refractivity contribution >= 4 is 31.6 Å². The van der Waals surface area contributed by atoms with Crippen molar-refractivity contribution in [2.24, 2.45) is 0 Å². The average molecular weight is 365 g/mol. The molecule has 0 radical (unpaired) electrons. The van der Waals surface area contributed by atoms with Gasteiger partial charge in [0.15, 0.2) is 0 Å². The first-order chi connectivity index (χ1) is 9.86. The normalized spacial score (nSPS) is 11.0. The maximum Gasteiger partial charge on any atom is 0.265 e. The minimum absolute atomic E-state index is 0.193. The van der Waals surface area contributed by atoms with E-state index in [0.717, 1.165) is 5.56 Å². The number of benzene rings is 2. The Balaban J connectivity index is 2.50. The first kappa shape index (κ1) is 15.5. The van der Waals surface area contributed by atoms with Crippen LogP contribution < -0.4 is 4.31 Å². The summed E-state index contributed by atoms with van der Waals surface area (Å²) >= 11 is 3.29. The van der Waals surface area contributed by atoms with Gasteiger partial charge in [-0.15, -0.1) is 0 Å². The molecule has 0 fully saturated rings. The predicted molar refractivity (Wildman–Crippen MR) is 85.6 cm³/mol. The van der Waals surface area contributed by atoms with Crippen LogP contribution in [0.4, 0.5) is 5.69 Å². The summed E-state index contributed by atoms with van der Waals surface area (Å²) in [6, 6.07) is 13.6. The Morgan fingerprint density at radius 1 is 1.19 bits per heavy atom. The zero-order valence-corrected chi connectivity index (χ0v) is 13.9. The molecule has 0 saturated carbocycles. The molecule has 21 heavy (non-hydrogen) atoms. The van der Waals surface area contributed by atoms with Crippen molar-refractivity contribution in [2.45, 2.75) is 11.8 Å². The van der Waals surface area contributed by atoms with Gasteiger partial charge in [-0.2, -0.15) is 5.26 Å². The smallest absolute Gasteiger partial charge is 0.265 e. The highest BCUT2D eigenvalue weighted by atomic mass is 79.9. The average Bonchev–Trinajstić information content (AvgIpc) is 2.46. The molecule has 2 aromatic carbocycles. The largest absolute Gasteiger partial charge is 0.269 e. The summed E-state index contributed by atoms with van der Waals surface area (Å²) in [5.41, 5.74) is 1.83. The summed E-state index contributed by atoms with van der Waals surface area (Å²) in [5.74, 6) is 0. The maximum absolute atomic E-state index is 12.7. The van der Waals surface area contributed by atoms with Crippen LogP contribution in [-0.2, 0) is 10.0 Å². The number of aryl methyl sites for hydroxylation is 1. The second kappa shape index (κ2) is 5.88. The Morgan fingerprint density at radius 3 is 2.52 bits per heavy atom. The molecule has 0 N–H and O–H groups in total. The Bertz CT molecular complexity index is 826. The van der Waals surface area contributed by atoms with Gasteiger partial charge in [-0.3, -0.25) is 4.31 Å². The van der Waals surface area contributed by atoms with E-state index in [1.54, 1.807) is 42.5 Å². The van der Waals surface area contributed by atoms with Crippen LogP contribution >= 0.6 is 15.9 Å². The Labute approximate surface area is 132 Å². The monoisotopic (exact) mass is 364 g/mol. The molecule has 0 unspecified atom stereocenters. The van der Waals surface area contributed by atoms with Crippen molar-refractivity contribution in [1.29, 1.82) is 5.26 Å². The molecule has 2 aromatic rings. The number of sulfonamides is 1. The molecule has 0 aromatic heterocycles. The summed E-state index contributed by atoms with van der Waals surface area (Å²) in [5, 5.41) is 8.91. The van der Waals surface area contributed by atoms with Crippen molar-refractivity contribution in [3.8, 4) is 6.07 Å². The minimum Gasteiger partial charge on any atom is -0.269 e. The van der Waals surface area contributed by atoms with E-state index >= 15 is 0 Å². The molecule has 0 aliphatic carbocycles. The number of hydrogen-bond donors (Lipinski definition) is 0. The van der Waals surface area contributed by atoms with Crippen molar-refractivity contribution in [3.63, 3.8) is 0 Å². The fourth-order valence-corrected chi connectivity index (χ4v) is 4.21. The van der Waals surface area contributed by atoms with Gasteiger partial charge in [0, 0.05) is 11.5 Å². The number of rotatable bonds is 3. The molecule has 0 heterocycles. The molecular weight excluding hydrogens is 352 g/mol. The number of nitrogens with zero attached hydrogens (tertiary/aromatic N) is 2. The summed E-state index contributed by atoms with van der Waals surface area (Å²) in [6.45, 7) is 1.89. The van der Waals surface area contributed by atoms with Crippen LogP contribution in [0.3, 0.4) is 0 Å². The van der Waals surface area contributed by atoms with Gasteiger partial charge < -0.3 is 0 Å². The third-order valence-electron chi connectivity index (χ3n) is 3.06. The van der Waals surface area contributed by atoms with E-state index in [0.29, 0.717) is 15.7 Å². The van der Waals surface area contributed by atoms with Gasteiger partial charge in [0.25, 0.3) is 10.0 Å². The van der Waals surface area contributed by atoms with Gasteiger partial charge in [0.2, 0.25) is 0 Å². The molecule has 0 amide bonds. The lowest BCUT2D eigenvalue weighted by Crippen LogP contribution is -2.26. The van der Waals surface area contributed by atoms with E-state index in [1.165, 1.54) is 11.4 Å². The fraction of sp³-hybridized carbons (Fsp3) is 0.133. The van der Waals surface area contributed by atoms with E-state index in [9.17, 15) is 8.42 Å². The van der Waals surface area contributed by atoms with Gasteiger partial charge >= 0.3 is 0 Å². The van der Waals surface area contributed by atoms with Crippen LogP contribution in [0.15, 0.2) is 51.8 Å². The molecule has 6 heteroatoms. The summed E-state index contributed by atoms with van der Waals surface area (Å²) in [4.78, 5) is 0.193. The number of halogens is 1. The van der Waals surface area contributed by atoms with Crippen molar-refractivity contribution in [3.05, 3.63) is 58.1 Å². The Hall–Kier alpha value is -1.84. The van der Waals surface area contributed by atoms with Gasteiger partial charge in [-0.25, -0.2) is 8.42 Å². The highest BCUT2D eigenvalue weighted by molar-refractivity contribution is 9.10. The van der Waals surface area contributed by atoms with E-state index in [2.05, 4.69) is 15.9 Å². The summed E-state index contributed by atoms with van der Waals surface area (Å²) in [6.07, 6.45) is 0. The molecule has 0 saturated heterocycles. The topological polar surface area (TPSA) is 61.2 Å². The van der Waals surface area contributed by atoms with Crippen LogP contribution in [-0.4, -0.2) is 15.5 Å². The predicted octanol–water partition coefficient (Wildman–Crippen LogP) is 3.45. The molecule has 0 aliphatic heterocycles. The van der Waals surface area contributed by atoms with Gasteiger partial charge in [-0.05, 0) is 58.7 Å². The molecule has 108 valence electrons. The standard InChI is InChI=1S/C15H13BrN2O2S/c1-11-6-7-15(14(16)8-11)21(19,20)18(2)13-5-3-4-12(9-13)10-17/h3-9H,1-2H3. The highest BCUT2D eigenvalue weighted by Crippen LogP contribution is 2.28. The van der Waals surface area contributed by atoms with Crippen LogP contribution in [0.25, 0.3) is 0 Å². The Morgan fingerprint density at radius 2 is 1.90 bits per heavy atom. The minimum atomic E-state index is -3.69. The molecule has 0 bridgehead atoms. The second-order valence-electron chi connectivity index (χ2n) is 4.57. The van der Waals surface area contributed by atoms with Crippen molar-refractivity contribution < 1.29 is 8.42 Å². The van der Waals surface area contributed by atoms with Gasteiger partial charge in [-0.1, -0.05) is 12.1 Å². The lowest BCUT2D eigenvalue weighted by atomic mass is 10.2. The maximum atomic E-state index is 12.7. The molecule has 0 spiro atoms. The molecule has 0 aliphatic rings. The molecule has 0 atom stereocenters. The van der Waals surface area contributed by atoms with Crippen LogP contribution in [0.5, 0.6) is 0 Å². The van der Waals surface area contributed by atoms with E-state index in [1.807, 2.05) is 13.0 Å². The highest BCUT2D eigenvalue weighted by Gasteiger charge is 2.23. The third-order valence-corrected chi connectivity index (χ3v) is 5.83. The lowest BCUT2D eigenvalue weighted by molar-refractivity contribution is 0.594. The third kappa shape index (κ3) is 3.09. The van der Waals surface area contributed by atoms with Crippen LogP contribution in [0.1, 0.15) is 11.1 Å². The van der Waals surface area contributed by atoms with Gasteiger partial charge in [0.1, 0.15) is 4.90 Å². The zero-order chi connectivity index (χ0) is 15.6. The van der Waals surface area contributed by atoms with Crippen molar-refractivity contribution in [1.82, 2.24) is 0 Å². The zero-order valence-electron chi connectivity index (χ0n) is 11.5. The SMILES string of the molecule is Cc1ccc(S(=O)(=O)N(C)c2cccc(C#N)c2)c(Br)c1. The number of hydrogen-bond acceptors (Lipinski definition) is 3. The van der Waals surface area contributed by atoms with Crippen LogP contribution in [0.2, 0.25) is 0 Å². The molecule has 2 rings (SSSR count). The first-order valence-corrected chi connectivity index (χ1v) is 8.35. The quantitative estimate of drug-likeness (QED) is 0.837. The second-order valence-corrected chi connectivity index (χ2v) is 7.36. The Kier molecular flexibility index (Phi) is 4.35. The number of nitriles is 1. The van der Waals surface area contributed by atoms with Gasteiger partial charge in [0.05, 0.1) is 17.3 Å². The lowest BCUT2D eigenvalue weighted by Gasteiger charge is -2.20. The summed E-state index contributed by atoms with van der Waals surface area (Å²) < 4.78 is 27.0. The molecule has 4 nitrogen and oxygen atoms in total. The first-order valence-electron chi connectivity index (χ1n) is 6.11. The molecular formula is C15H13BrN2O2S. The van der Waals surface area contributed by atoms with E-state index in [-0.39, 0.29) is 4.90 Å². The fourth-order valence-electron chi connectivity index (χ4n) is 1.87. The van der Waals surface area contributed by atoms with Crippen molar-refractivity contribution in [2.75, 3.05) is 11.4 Å². The van der Waals surface area contributed by atoms with E-state index in [4.69, 9.17) is 5.26 Å². The van der Waals surface area contributed by atoms with Crippen LogP contribution in [0, 0.1) is 18.3 Å². The number of anilines is 1. The summed E-state index contributed by atoms with van der Waals surface area (Å²) in [7, 11) is -2.22.